The largest absolute Gasteiger partial charge is 0.339 e. The zero-order chi connectivity index (χ0) is 22.1. The number of hydrogen-bond donors (Lipinski definition) is 2. The monoisotopic (exact) mass is 430 g/mol. The van der Waals surface area contributed by atoms with Gasteiger partial charge in [-0.2, -0.15) is 19.6 Å². The molecule has 0 radical (unpaired) electrons. The number of aromatic nitrogens is 4. The minimum atomic E-state index is -0.0480. The molecule has 2 aliphatic heterocycles. The Kier molecular flexibility index (Phi) is 5.32. The maximum atomic E-state index is 11.8. The molecule has 0 aliphatic carbocycles. The van der Waals surface area contributed by atoms with Gasteiger partial charge in [0.2, 0.25) is 17.8 Å². The van der Waals surface area contributed by atoms with Crippen molar-refractivity contribution in [1.29, 1.82) is 0 Å². The highest BCUT2D eigenvalue weighted by Gasteiger charge is 2.22. The molecule has 1 aromatic carbocycles. The fourth-order valence-corrected chi connectivity index (χ4v) is 4.00. The number of fused-ring (bicyclic) bond motifs is 1. The van der Waals surface area contributed by atoms with Gasteiger partial charge in [0, 0.05) is 36.6 Å². The van der Waals surface area contributed by atoms with Crippen LogP contribution >= 0.6 is 0 Å². The Balaban J connectivity index is 1.59. The van der Waals surface area contributed by atoms with Gasteiger partial charge in [0.05, 0.1) is 12.6 Å². The summed E-state index contributed by atoms with van der Waals surface area (Å²) in [5, 5.41) is 10.7. The van der Waals surface area contributed by atoms with Gasteiger partial charge in [-0.1, -0.05) is 24.8 Å². The van der Waals surface area contributed by atoms with E-state index in [9.17, 15) is 4.79 Å². The van der Waals surface area contributed by atoms with Gasteiger partial charge < -0.3 is 20.4 Å². The predicted octanol–water partition coefficient (Wildman–Crippen LogP) is 2.43. The second-order valence-corrected chi connectivity index (χ2v) is 8.19. The quantitative estimate of drug-likeness (QED) is 0.657. The molecule has 2 aliphatic rings. The Morgan fingerprint density at radius 2 is 1.97 bits per heavy atom. The minimum Gasteiger partial charge on any atom is -0.339 e. The van der Waals surface area contributed by atoms with Crippen LogP contribution in [0.1, 0.15) is 18.4 Å². The van der Waals surface area contributed by atoms with Crippen LogP contribution in [0.4, 0.5) is 17.6 Å². The molecule has 9 nitrogen and oxygen atoms in total. The molecule has 4 heterocycles. The second-order valence-electron chi connectivity index (χ2n) is 8.19. The molecule has 0 unspecified atom stereocenters. The Labute approximate surface area is 186 Å². The minimum absolute atomic E-state index is 0.0480. The lowest BCUT2D eigenvalue weighted by Gasteiger charge is -2.21. The lowest BCUT2D eigenvalue weighted by atomic mass is 10.1. The van der Waals surface area contributed by atoms with Gasteiger partial charge in [-0.25, -0.2) is 0 Å². The van der Waals surface area contributed by atoms with Crippen LogP contribution in [0.5, 0.6) is 0 Å². The third-order valence-electron chi connectivity index (χ3n) is 5.77. The summed E-state index contributed by atoms with van der Waals surface area (Å²) in [5.74, 6) is 1.22. The van der Waals surface area contributed by atoms with Gasteiger partial charge in [-0.15, -0.1) is 0 Å². The highest BCUT2D eigenvalue weighted by molar-refractivity contribution is 5.89. The molecule has 2 fully saturated rings. The van der Waals surface area contributed by atoms with Gasteiger partial charge in [-0.05, 0) is 43.8 Å². The van der Waals surface area contributed by atoms with E-state index in [0.717, 1.165) is 49.4 Å². The van der Waals surface area contributed by atoms with Crippen LogP contribution in [0.3, 0.4) is 0 Å². The molecule has 0 atom stereocenters. The Bertz CT molecular complexity index is 1200. The molecular formula is C23H26N8O. The number of likely N-dealkylation sites (N-methyl/N-ethyl adjacent to an activating group) is 1. The Morgan fingerprint density at radius 1 is 1.12 bits per heavy atom. The molecule has 0 spiro atoms. The molecule has 2 aromatic heterocycles. The van der Waals surface area contributed by atoms with Crippen molar-refractivity contribution in [2.24, 2.45) is 0 Å². The van der Waals surface area contributed by atoms with Gasteiger partial charge in [0.15, 0.2) is 5.65 Å². The summed E-state index contributed by atoms with van der Waals surface area (Å²) < 4.78 is 1.71. The molecule has 32 heavy (non-hydrogen) atoms. The first-order valence-electron chi connectivity index (χ1n) is 10.8. The van der Waals surface area contributed by atoms with Crippen LogP contribution in [0.25, 0.3) is 11.7 Å². The lowest BCUT2D eigenvalue weighted by molar-refractivity contribution is -0.118. The molecule has 0 bridgehead atoms. The SMILES string of the molecule is C=C1NC(=O)C/C1=C\c1cnn2c(Nc3ccccc3)nc(N3CCCN(C)CC3)nc12. The number of amides is 1. The van der Waals surface area contributed by atoms with Crippen LogP contribution in [-0.4, -0.2) is 63.6 Å². The first-order valence-corrected chi connectivity index (χ1v) is 10.8. The number of nitrogens with one attached hydrogen (secondary N) is 2. The predicted molar refractivity (Wildman–Crippen MR) is 125 cm³/mol. The number of hydrogen-bond acceptors (Lipinski definition) is 7. The average molecular weight is 431 g/mol. The highest BCUT2D eigenvalue weighted by atomic mass is 16.1. The van der Waals surface area contributed by atoms with Crippen LogP contribution in [-0.2, 0) is 4.79 Å². The van der Waals surface area contributed by atoms with Crippen molar-refractivity contribution >= 4 is 35.2 Å². The molecule has 2 saturated heterocycles. The fourth-order valence-electron chi connectivity index (χ4n) is 4.00. The van der Waals surface area contributed by atoms with E-state index >= 15 is 0 Å². The van der Waals surface area contributed by atoms with E-state index in [0.29, 0.717) is 29.7 Å². The first kappa shape index (κ1) is 20.2. The van der Waals surface area contributed by atoms with E-state index in [1.165, 1.54) is 0 Å². The number of carbonyl (C=O) groups is 1. The van der Waals surface area contributed by atoms with Crippen molar-refractivity contribution in [2.75, 3.05) is 43.4 Å². The third-order valence-corrected chi connectivity index (χ3v) is 5.77. The Hall–Kier alpha value is -3.72. The fraction of sp³-hybridized carbons (Fsp3) is 0.304. The van der Waals surface area contributed by atoms with Gasteiger partial charge in [-0.3, -0.25) is 4.79 Å². The maximum absolute atomic E-state index is 11.8. The molecular weight excluding hydrogens is 404 g/mol. The number of nitrogens with zero attached hydrogens (tertiary/aromatic N) is 6. The summed E-state index contributed by atoms with van der Waals surface area (Å²) >= 11 is 0. The molecule has 9 heteroatoms. The first-order chi connectivity index (χ1) is 15.6. The van der Waals surface area contributed by atoms with Gasteiger partial charge in [0.1, 0.15) is 0 Å². The summed E-state index contributed by atoms with van der Waals surface area (Å²) in [6.45, 7) is 7.71. The molecule has 164 valence electrons. The van der Waals surface area contributed by atoms with E-state index in [1.54, 1.807) is 10.7 Å². The Morgan fingerprint density at radius 3 is 2.75 bits per heavy atom. The average Bonchev–Trinajstić information content (AvgIpc) is 3.24. The van der Waals surface area contributed by atoms with Crippen LogP contribution in [0.15, 0.2) is 54.4 Å². The lowest BCUT2D eigenvalue weighted by Crippen LogP contribution is -2.30. The van der Waals surface area contributed by atoms with Crippen molar-refractivity contribution in [2.45, 2.75) is 12.8 Å². The standard InChI is InChI=1S/C23H26N8O/c1-16-17(14-20(32)25-16)13-18-15-24-31-21(18)27-22(30-10-6-9-29(2)11-12-30)28-23(31)26-19-7-4-3-5-8-19/h3-5,7-8,13,15H,1,6,9-12,14H2,2H3,(H,25,32)(H,26,27,28)/b17-13+. The zero-order valence-electron chi connectivity index (χ0n) is 18.1. The number of rotatable bonds is 4. The van der Waals surface area contributed by atoms with Crippen molar-refractivity contribution in [1.82, 2.24) is 29.8 Å². The number of para-hydroxylation sites is 1. The number of carbonyl (C=O) groups excluding carboxylic acids is 1. The van der Waals surface area contributed by atoms with E-state index < -0.39 is 0 Å². The van der Waals surface area contributed by atoms with Crippen molar-refractivity contribution in [3.8, 4) is 0 Å². The molecule has 0 saturated carbocycles. The highest BCUT2D eigenvalue weighted by Crippen LogP contribution is 2.26. The molecule has 5 rings (SSSR count). The van der Waals surface area contributed by atoms with Gasteiger partial charge in [0.25, 0.3) is 0 Å². The van der Waals surface area contributed by atoms with E-state index in [-0.39, 0.29) is 5.91 Å². The van der Waals surface area contributed by atoms with Crippen LogP contribution < -0.4 is 15.5 Å². The summed E-state index contributed by atoms with van der Waals surface area (Å²) in [6.07, 6.45) is 5.04. The van der Waals surface area contributed by atoms with E-state index in [2.05, 4.69) is 39.2 Å². The van der Waals surface area contributed by atoms with E-state index in [1.807, 2.05) is 36.4 Å². The summed E-state index contributed by atoms with van der Waals surface area (Å²) in [7, 11) is 2.14. The van der Waals surface area contributed by atoms with E-state index in [4.69, 9.17) is 9.97 Å². The van der Waals surface area contributed by atoms with Gasteiger partial charge >= 0.3 is 0 Å². The van der Waals surface area contributed by atoms with Crippen molar-refractivity contribution in [3.63, 3.8) is 0 Å². The number of allylic oxidation sites excluding steroid dienone is 1. The zero-order valence-corrected chi connectivity index (χ0v) is 18.1. The summed E-state index contributed by atoms with van der Waals surface area (Å²) in [5.41, 5.74) is 3.90. The summed E-state index contributed by atoms with van der Waals surface area (Å²) in [4.78, 5) is 26.0. The van der Waals surface area contributed by atoms with Crippen LogP contribution in [0, 0.1) is 0 Å². The molecule has 3 aromatic rings. The normalized spacial score (nSPS) is 18.9. The molecule has 2 N–H and O–H groups in total. The van der Waals surface area contributed by atoms with Crippen molar-refractivity contribution in [3.05, 3.63) is 59.9 Å². The third kappa shape index (κ3) is 4.06. The van der Waals surface area contributed by atoms with Crippen LogP contribution in [0.2, 0.25) is 0 Å². The second kappa shape index (κ2) is 8.43. The topological polar surface area (TPSA) is 90.7 Å². The molecule has 1 amide bonds. The summed E-state index contributed by atoms with van der Waals surface area (Å²) in [6, 6.07) is 9.89. The smallest absolute Gasteiger partial charge is 0.233 e. The maximum Gasteiger partial charge on any atom is 0.233 e. The number of anilines is 3. The number of benzene rings is 1. The van der Waals surface area contributed by atoms with Crippen molar-refractivity contribution < 1.29 is 4.79 Å².